The molecule has 1 aliphatic heterocycles. The van der Waals surface area contributed by atoms with Gasteiger partial charge < -0.3 is 14.4 Å². The predicted molar refractivity (Wildman–Crippen MR) is 133 cm³/mol. The van der Waals surface area contributed by atoms with Gasteiger partial charge in [-0.25, -0.2) is 0 Å². The van der Waals surface area contributed by atoms with Crippen molar-refractivity contribution in [3.05, 3.63) is 106 Å². The molecule has 0 aliphatic carbocycles. The highest BCUT2D eigenvalue weighted by molar-refractivity contribution is 6.33. The number of carbonyl (C=O) groups excluding carboxylic acids is 1. The third-order valence-corrected chi connectivity index (χ3v) is 6.49. The van der Waals surface area contributed by atoms with Gasteiger partial charge >= 0.3 is 0 Å². The van der Waals surface area contributed by atoms with Crippen LogP contribution in [-0.2, 0) is 0 Å². The van der Waals surface area contributed by atoms with Gasteiger partial charge in [0.15, 0.2) is 0 Å². The molecule has 172 valence electrons. The van der Waals surface area contributed by atoms with E-state index in [1.54, 1.807) is 6.20 Å². The topological polar surface area (TPSA) is 63.4 Å². The number of anilines is 1. The molecule has 1 saturated heterocycles. The Labute approximate surface area is 202 Å². The zero-order valence-electron chi connectivity index (χ0n) is 18.8. The standard InChI is InChI=1S/C26H24ClN5O2/c1-19-8-7-11-21(24(19)30-12-5-6-13-30)25(33)31-16-14-29(15-17-31)22-18-28-32(26(34)23(22)27)20-9-3-2-4-10-20/h2-13,18H,14-17H2,1H3. The van der Waals surface area contributed by atoms with Gasteiger partial charge in [-0.1, -0.05) is 41.9 Å². The number of hydrogen-bond acceptors (Lipinski definition) is 4. The molecule has 0 atom stereocenters. The molecule has 1 fully saturated rings. The van der Waals surface area contributed by atoms with Crippen molar-refractivity contribution in [1.82, 2.24) is 19.2 Å². The zero-order valence-corrected chi connectivity index (χ0v) is 19.5. The van der Waals surface area contributed by atoms with Crippen LogP contribution in [0.1, 0.15) is 15.9 Å². The van der Waals surface area contributed by atoms with Crippen LogP contribution in [0.5, 0.6) is 0 Å². The molecule has 4 aromatic rings. The van der Waals surface area contributed by atoms with Gasteiger partial charge in [0.2, 0.25) is 0 Å². The van der Waals surface area contributed by atoms with Crippen LogP contribution in [0, 0.1) is 6.92 Å². The molecular weight excluding hydrogens is 450 g/mol. The molecule has 0 spiro atoms. The average Bonchev–Trinajstić information content (AvgIpc) is 3.40. The Kier molecular flexibility index (Phi) is 5.94. The fraction of sp³-hybridized carbons (Fsp3) is 0.192. The summed E-state index contributed by atoms with van der Waals surface area (Å²) in [6.07, 6.45) is 5.52. The monoisotopic (exact) mass is 473 g/mol. The van der Waals surface area contributed by atoms with E-state index in [-0.39, 0.29) is 16.5 Å². The number of carbonyl (C=O) groups is 1. The molecule has 3 heterocycles. The SMILES string of the molecule is Cc1cccc(C(=O)N2CCN(c3cnn(-c4ccccc4)c(=O)c3Cl)CC2)c1-n1cccc1. The van der Waals surface area contributed by atoms with Gasteiger partial charge in [0.05, 0.1) is 28.8 Å². The van der Waals surface area contributed by atoms with Crippen LogP contribution in [0.2, 0.25) is 5.02 Å². The fourth-order valence-corrected chi connectivity index (χ4v) is 4.62. The largest absolute Gasteiger partial charge is 0.365 e. The maximum atomic E-state index is 13.4. The maximum Gasteiger partial charge on any atom is 0.292 e. The van der Waals surface area contributed by atoms with Gasteiger partial charge in [0.25, 0.3) is 11.5 Å². The van der Waals surface area contributed by atoms with E-state index < -0.39 is 0 Å². The van der Waals surface area contributed by atoms with Gasteiger partial charge in [-0.05, 0) is 42.8 Å². The summed E-state index contributed by atoms with van der Waals surface area (Å²) in [6, 6.07) is 18.9. The first kappa shape index (κ1) is 22.0. The quantitative estimate of drug-likeness (QED) is 0.450. The number of para-hydroxylation sites is 2. The molecule has 2 aromatic carbocycles. The van der Waals surface area contributed by atoms with E-state index >= 15 is 0 Å². The number of benzene rings is 2. The Bertz CT molecular complexity index is 1370. The van der Waals surface area contributed by atoms with E-state index in [4.69, 9.17) is 11.6 Å². The van der Waals surface area contributed by atoms with E-state index in [0.717, 1.165) is 11.3 Å². The number of piperazine rings is 1. The summed E-state index contributed by atoms with van der Waals surface area (Å²) in [4.78, 5) is 30.1. The van der Waals surface area contributed by atoms with Crippen molar-refractivity contribution < 1.29 is 4.79 Å². The Morgan fingerprint density at radius 1 is 0.912 bits per heavy atom. The van der Waals surface area contributed by atoms with Crippen LogP contribution in [0.4, 0.5) is 5.69 Å². The normalized spacial score (nSPS) is 13.8. The number of nitrogens with zero attached hydrogens (tertiary/aromatic N) is 5. The van der Waals surface area contributed by atoms with Gasteiger partial charge in [0, 0.05) is 38.6 Å². The van der Waals surface area contributed by atoms with Crippen molar-refractivity contribution in [3.63, 3.8) is 0 Å². The maximum absolute atomic E-state index is 13.4. The first-order valence-electron chi connectivity index (χ1n) is 11.1. The third-order valence-electron chi connectivity index (χ3n) is 6.14. The summed E-state index contributed by atoms with van der Waals surface area (Å²) < 4.78 is 3.28. The summed E-state index contributed by atoms with van der Waals surface area (Å²) in [7, 11) is 0. The lowest BCUT2D eigenvalue weighted by molar-refractivity contribution is 0.0746. The molecule has 8 heteroatoms. The van der Waals surface area contributed by atoms with Crippen molar-refractivity contribution in [2.24, 2.45) is 0 Å². The lowest BCUT2D eigenvalue weighted by atomic mass is 10.1. The van der Waals surface area contributed by atoms with Crippen molar-refractivity contribution in [2.75, 3.05) is 31.1 Å². The van der Waals surface area contributed by atoms with E-state index in [2.05, 4.69) is 5.10 Å². The first-order valence-corrected chi connectivity index (χ1v) is 11.5. The number of rotatable bonds is 4. The Morgan fingerprint density at radius 2 is 1.62 bits per heavy atom. The van der Waals surface area contributed by atoms with Gasteiger partial charge in [-0.15, -0.1) is 0 Å². The Hall–Kier alpha value is -3.84. The second-order valence-corrected chi connectivity index (χ2v) is 8.61. The first-order chi connectivity index (χ1) is 16.5. The number of aryl methyl sites for hydroxylation is 1. The number of aromatic nitrogens is 3. The molecule has 0 N–H and O–H groups in total. The van der Waals surface area contributed by atoms with Crippen molar-refractivity contribution >= 4 is 23.2 Å². The van der Waals surface area contributed by atoms with E-state index in [1.165, 1.54) is 4.68 Å². The molecule has 0 bridgehead atoms. The van der Waals surface area contributed by atoms with Gasteiger partial charge in [0.1, 0.15) is 5.02 Å². The van der Waals surface area contributed by atoms with Crippen molar-refractivity contribution in [1.29, 1.82) is 0 Å². The van der Waals surface area contributed by atoms with Gasteiger partial charge in [-0.2, -0.15) is 9.78 Å². The minimum Gasteiger partial charge on any atom is -0.365 e. The molecule has 0 unspecified atom stereocenters. The molecule has 2 aromatic heterocycles. The van der Waals surface area contributed by atoms with Crippen LogP contribution in [0.3, 0.4) is 0 Å². The lowest BCUT2D eigenvalue weighted by Gasteiger charge is -2.36. The van der Waals surface area contributed by atoms with Gasteiger partial charge in [-0.3, -0.25) is 9.59 Å². The highest BCUT2D eigenvalue weighted by Crippen LogP contribution is 2.25. The molecule has 1 amide bonds. The molecule has 7 nitrogen and oxygen atoms in total. The second-order valence-electron chi connectivity index (χ2n) is 8.24. The summed E-state index contributed by atoms with van der Waals surface area (Å²) in [5.41, 5.74) is 3.51. The van der Waals surface area contributed by atoms with Crippen LogP contribution >= 0.6 is 11.6 Å². The van der Waals surface area contributed by atoms with E-state index in [9.17, 15) is 9.59 Å². The minimum atomic E-state index is -0.361. The van der Waals surface area contributed by atoms with Crippen molar-refractivity contribution in [3.8, 4) is 11.4 Å². The predicted octanol–water partition coefficient (Wildman–Crippen LogP) is 3.95. The number of amides is 1. The summed E-state index contributed by atoms with van der Waals surface area (Å²) in [6.45, 7) is 4.18. The highest BCUT2D eigenvalue weighted by Gasteiger charge is 2.26. The minimum absolute atomic E-state index is 0.00392. The van der Waals surface area contributed by atoms with E-state index in [1.807, 2.05) is 94.3 Å². The summed E-state index contributed by atoms with van der Waals surface area (Å²) in [5, 5.41) is 4.46. The molecule has 0 saturated carbocycles. The average molecular weight is 474 g/mol. The highest BCUT2D eigenvalue weighted by atomic mass is 35.5. The van der Waals surface area contributed by atoms with Crippen LogP contribution < -0.4 is 10.5 Å². The fourth-order valence-electron chi connectivity index (χ4n) is 4.38. The lowest BCUT2D eigenvalue weighted by Crippen LogP contribution is -2.49. The summed E-state index contributed by atoms with van der Waals surface area (Å²) in [5.74, 6) is -0.00392. The van der Waals surface area contributed by atoms with E-state index in [0.29, 0.717) is 43.1 Å². The molecule has 0 radical (unpaired) electrons. The molecule has 34 heavy (non-hydrogen) atoms. The Balaban J connectivity index is 1.34. The van der Waals surface area contributed by atoms with Crippen LogP contribution in [0.15, 0.2) is 84.0 Å². The molecular formula is C26H24ClN5O2. The molecule has 5 rings (SSSR count). The number of hydrogen-bond donors (Lipinski definition) is 0. The van der Waals surface area contributed by atoms with Crippen LogP contribution in [-0.4, -0.2) is 51.3 Å². The third kappa shape index (κ3) is 3.99. The Morgan fingerprint density at radius 3 is 2.32 bits per heavy atom. The smallest absolute Gasteiger partial charge is 0.292 e. The summed E-state index contributed by atoms with van der Waals surface area (Å²) >= 11 is 6.47. The second kappa shape index (κ2) is 9.19. The number of halogens is 1. The van der Waals surface area contributed by atoms with Crippen molar-refractivity contribution in [2.45, 2.75) is 6.92 Å². The molecule has 1 aliphatic rings. The van der Waals surface area contributed by atoms with Crippen LogP contribution in [0.25, 0.3) is 11.4 Å². The zero-order chi connectivity index (χ0) is 23.7.